The van der Waals surface area contributed by atoms with Crippen LogP contribution in [0.25, 0.3) is 17.0 Å². The van der Waals surface area contributed by atoms with Crippen LogP contribution in [0.3, 0.4) is 0 Å². The third-order valence-corrected chi connectivity index (χ3v) is 6.64. The summed E-state index contributed by atoms with van der Waals surface area (Å²) in [5, 5.41) is 16.1. The number of carbonyl (C=O) groups is 1. The predicted molar refractivity (Wildman–Crippen MR) is 140 cm³/mol. The number of nitrogens with zero attached hydrogens (tertiary/aromatic N) is 7. The number of hydrogen-bond donors (Lipinski definition) is 1. The summed E-state index contributed by atoms with van der Waals surface area (Å²) in [6.45, 7) is 1.35. The third-order valence-electron chi connectivity index (χ3n) is 6.64. The lowest BCUT2D eigenvalue weighted by atomic mass is 9.78. The predicted octanol–water partition coefficient (Wildman–Crippen LogP) is 4.42. The average molecular weight is 529 g/mol. The van der Waals surface area contributed by atoms with Crippen LogP contribution >= 0.6 is 24.8 Å². The first-order valence-electron chi connectivity index (χ1n) is 11.5. The van der Waals surface area contributed by atoms with E-state index in [1.807, 2.05) is 36.5 Å². The second-order valence-electron chi connectivity index (χ2n) is 8.91. The summed E-state index contributed by atoms with van der Waals surface area (Å²) in [7, 11) is 0. The van der Waals surface area contributed by atoms with E-state index in [4.69, 9.17) is 4.74 Å². The monoisotopic (exact) mass is 528 g/mol. The minimum atomic E-state index is -0.430. The summed E-state index contributed by atoms with van der Waals surface area (Å²) in [4.78, 5) is 23.0. The van der Waals surface area contributed by atoms with Crippen molar-refractivity contribution in [3.8, 4) is 11.4 Å². The van der Waals surface area contributed by atoms with E-state index >= 15 is 0 Å². The highest BCUT2D eigenvalue weighted by Gasteiger charge is 2.48. The summed E-state index contributed by atoms with van der Waals surface area (Å²) < 4.78 is 7.61. The quantitative estimate of drug-likeness (QED) is 0.405. The Labute approximate surface area is 220 Å². The molecule has 0 unspecified atom stereocenters. The molecule has 0 bridgehead atoms. The molecule has 6 rings (SSSR count). The van der Waals surface area contributed by atoms with Gasteiger partial charge >= 0.3 is 6.09 Å². The number of nitrogens with one attached hydrogen (secondary N) is 1. The van der Waals surface area contributed by atoms with Crippen molar-refractivity contribution in [2.24, 2.45) is 5.92 Å². The van der Waals surface area contributed by atoms with E-state index < -0.39 is 5.60 Å². The zero-order chi connectivity index (χ0) is 23.0. The maximum atomic E-state index is 12.4. The average Bonchev–Trinajstić information content (AvgIpc) is 3.45. The Morgan fingerprint density at radius 3 is 2.64 bits per heavy atom. The highest BCUT2D eigenvalue weighted by molar-refractivity contribution is 5.89. The zero-order valence-corrected chi connectivity index (χ0v) is 21.0. The molecule has 1 spiro atoms. The largest absolute Gasteiger partial charge is 0.441 e. The number of anilines is 2. The Morgan fingerprint density at radius 1 is 1.03 bits per heavy atom. The van der Waals surface area contributed by atoms with Gasteiger partial charge in [0.25, 0.3) is 0 Å². The molecule has 1 aliphatic carbocycles. The van der Waals surface area contributed by atoms with Crippen molar-refractivity contribution in [2.75, 3.05) is 23.3 Å². The van der Waals surface area contributed by atoms with Gasteiger partial charge in [0.1, 0.15) is 17.1 Å². The van der Waals surface area contributed by atoms with Crippen LogP contribution < -0.4 is 10.2 Å². The number of aromatic nitrogens is 6. The van der Waals surface area contributed by atoms with E-state index in [9.17, 15) is 4.79 Å². The Hall–Kier alpha value is -3.50. The fourth-order valence-corrected chi connectivity index (χ4v) is 4.77. The Bertz CT molecular complexity index is 1310. The van der Waals surface area contributed by atoms with E-state index in [0.717, 1.165) is 55.1 Å². The normalized spacial score (nSPS) is 21.1. The van der Waals surface area contributed by atoms with Crippen LogP contribution in [0.4, 0.5) is 16.4 Å². The van der Waals surface area contributed by atoms with Gasteiger partial charge in [-0.15, -0.1) is 35.0 Å². The smallest absolute Gasteiger partial charge is 0.416 e. The molecule has 1 amide bonds. The summed E-state index contributed by atoms with van der Waals surface area (Å²) in [5.41, 5.74) is 1.97. The number of hydrogen-bond acceptors (Lipinski definition) is 8. The molecule has 1 saturated heterocycles. The molecule has 36 heavy (non-hydrogen) atoms. The molecule has 0 aromatic carbocycles. The van der Waals surface area contributed by atoms with E-state index in [2.05, 4.69) is 30.6 Å². The molecule has 4 aromatic rings. The lowest BCUT2D eigenvalue weighted by Crippen LogP contribution is -2.39. The summed E-state index contributed by atoms with van der Waals surface area (Å²) in [6.07, 6.45) is 8.54. The molecule has 4 aromatic heterocycles. The fourth-order valence-electron chi connectivity index (χ4n) is 4.77. The molecule has 2 fully saturated rings. The third kappa shape index (κ3) is 5.05. The van der Waals surface area contributed by atoms with E-state index in [0.29, 0.717) is 18.3 Å². The second kappa shape index (κ2) is 10.6. The number of pyridine rings is 1. The van der Waals surface area contributed by atoms with Crippen molar-refractivity contribution < 1.29 is 9.53 Å². The van der Waals surface area contributed by atoms with Gasteiger partial charge in [0.2, 0.25) is 0 Å². The van der Waals surface area contributed by atoms with Crippen LogP contribution in [-0.2, 0) is 4.74 Å². The van der Waals surface area contributed by atoms with Gasteiger partial charge in [0.05, 0.1) is 18.4 Å². The van der Waals surface area contributed by atoms with Crippen molar-refractivity contribution >= 4 is 48.2 Å². The highest BCUT2D eigenvalue weighted by Crippen LogP contribution is 2.40. The first-order valence-corrected chi connectivity index (χ1v) is 11.5. The van der Waals surface area contributed by atoms with Gasteiger partial charge < -0.3 is 10.1 Å². The minimum Gasteiger partial charge on any atom is -0.441 e. The minimum absolute atomic E-state index is 0. The molecule has 1 saturated carbocycles. The van der Waals surface area contributed by atoms with E-state index in [-0.39, 0.29) is 30.9 Å². The summed E-state index contributed by atoms with van der Waals surface area (Å²) in [5.74, 6) is 1.83. The van der Waals surface area contributed by atoms with Crippen LogP contribution in [-0.4, -0.2) is 54.6 Å². The van der Waals surface area contributed by atoms with Gasteiger partial charge in [-0.2, -0.15) is 5.10 Å². The number of carbonyl (C=O) groups excluding carboxylic acids is 1. The van der Waals surface area contributed by atoms with Gasteiger partial charge in [-0.05, 0) is 68.0 Å². The molecular weight excluding hydrogens is 503 g/mol. The Balaban J connectivity index is 0.00000152. The number of ether oxygens (including phenoxy) is 1. The van der Waals surface area contributed by atoms with Gasteiger partial charge in [-0.25, -0.2) is 14.3 Å². The summed E-state index contributed by atoms with van der Waals surface area (Å²) in [6, 6.07) is 13.2. The number of fused-ring (bicyclic) bond motifs is 1. The molecule has 1 N–H and O–H groups in total. The lowest BCUT2D eigenvalue weighted by Gasteiger charge is -2.35. The van der Waals surface area contributed by atoms with Crippen molar-refractivity contribution in [3.63, 3.8) is 0 Å². The van der Waals surface area contributed by atoms with Crippen LogP contribution in [0, 0.1) is 5.92 Å². The molecule has 188 valence electrons. The van der Waals surface area contributed by atoms with E-state index in [1.54, 1.807) is 33.9 Å². The maximum Gasteiger partial charge on any atom is 0.416 e. The number of halogens is 2. The molecule has 0 atom stereocenters. The van der Waals surface area contributed by atoms with Crippen molar-refractivity contribution in [1.82, 2.24) is 29.8 Å². The lowest BCUT2D eigenvalue weighted by molar-refractivity contribution is 0.0148. The van der Waals surface area contributed by atoms with Crippen LogP contribution in [0.1, 0.15) is 25.7 Å². The maximum absolute atomic E-state index is 12.4. The second-order valence-corrected chi connectivity index (χ2v) is 8.91. The van der Waals surface area contributed by atoms with Crippen molar-refractivity contribution in [2.45, 2.75) is 31.3 Å². The van der Waals surface area contributed by atoms with Crippen molar-refractivity contribution in [1.29, 1.82) is 0 Å². The molecule has 1 aliphatic heterocycles. The molecular formula is C24H26Cl2N8O2. The molecule has 12 heteroatoms. The first-order chi connectivity index (χ1) is 16.7. The Kier molecular flexibility index (Phi) is 7.56. The zero-order valence-electron chi connectivity index (χ0n) is 19.4. The van der Waals surface area contributed by atoms with Crippen LogP contribution in [0.15, 0.2) is 61.1 Å². The molecule has 0 radical (unpaired) electrons. The summed E-state index contributed by atoms with van der Waals surface area (Å²) >= 11 is 0. The Morgan fingerprint density at radius 2 is 1.89 bits per heavy atom. The highest BCUT2D eigenvalue weighted by atomic mass is 35.5. The van der Waals surface area contributed by atoms with Gasteiger partial charge in [-0.3, -0.25) is 9.88 Å². The molecule has 5 heterocycles. The number of imidazole rings is 1. The molecule has 2 aliphatic rings. The first kappa shape index (κ1) is 25.6. The van der Waals surface area contributed by atoms with Gasteiger partial charge in [0.15, 0.2) is 11.5 Å². The van der Waals surface area contributed by atoms with Crippen LogP contribution in [0.5, 0.6) is 0 Å². The fraction of sp³-hybridized carbons (Fsp3) is 0.333. The van der Waals surface area contributed by atoms with Crippen LogP contribution in [0.2, 0.25) is 0 Å². The topological polar surface area (TPSA) is 110 Å². The van der Waals surface area contributed by atoms with Crippen molar-refractivity contribution in [3.05, 3.63) is 61.1 Å². The standard InChI is InChI=1S/C24H24N8O2.2ClH/c33-23-31(22-5-3-13-27-29-22)16-24(34-23)10-8-17(9-11-24)14-26-20-6-7-21-28-19(15-32(21)30-20)18-4-1-2-12-25-18;;/h1-7,12-13,15,17H,8-11,14,16H2,(H,26,30);2*1H. The van der Waals surface area contributed by atoms with Gasteiger partial charge in [-0.1, -0.05) is 6.07 Å². The number of rotatable bonds is 5. The SMILES string of the molecule is Cl.Cl.O=C1OC2(CCC(CNc3ccc4nc(-c5ccccn5)cn4n3)CC2)CN1c1cccnn1. The molecule has 10 nitrogen and oxygen atoms in total. The number of amides is 1. The van der Waals surface area contributed by atoms with E-state index in [1.165, 1.54) is 0 Å². The van der Waals surface area contributed by atoms with Gasteiger partial charge in [0, 0.05) is 18.9 Å².